The first-order valence-corrected chi connectivity index (χ1v) is 17.5. The lowest BCUT2D eigenvalue weighted by atomic mass is 9.67. The number of para-hydroxylation sites is 3. The predicted octanol–water partition coefficient (Wildman–Crippen LogP) is 13.1. The topological polar surface area (TPSA) is 16.4 Å². The molecule has 0 spiro atoms. The van der Waals surface area contributed by atoms with Crippen molar-refractivity contribution < 1.29 is 4.42 Å². The minimum atomic E-state index is -0.475. The molecule has 1 aliphatic carbocycles. The molecule has 0 saturated heterocycles. The van der Waals surface area contributed by atoms with E-state index in [1.165, 1.54) is 33.4 Å². The zero-order chi connectivity index (χ0) is 33.8. The summed E-state index contributed by atoms with van der Waals surface area (Å²) in [7, 11) is 0. The number of rotatable bonds is 6. The number of anilines is 3. The Balaban J connectivity index is 1.25. The maximum absolute atomic E-state index is 6.66. The third-order valence-corrected chi connectivity index (χ3v) is 10.5. The predicted molar refractivity (Wildman–Crippen MR) is 211 cm³/mol. The molecule has 0 bridgehead atoms. The highest BCUT2D eigenvalue weighted by Gasteiger charge is 2.45. The Bertz CT molecular complexity index is 2610. The first-order chi connectivity index (χ1) is 25.3. The molecule has 1 aliphatic rings. The van der Waals surface area contributed by atoms with Gasteiger partial charge < -0.3 is 9.32 Å². The highest BCUT2D eigenvalue weighted by molar-refractivity contribution is 6.14. The molecule has 8 aromatic carbocycles. The Morgan fingerprint density at radius 3 is 1.61 bits per heavy atom. The van der Waals surface area contributed by atoms with E-state index in [-0.39, 0.29) is 0 Å². The molecule has 2 nitrogen and oxygen atoms in total. The van der Waals surface area contributed by atoms with E-state index in [1.54, 1.807) is 0 Å². The van der Waals surface area contributed by atoms with E-state index < -0.39 is 5.41 Å². The molecular weight excluding hydrogens is 619 g/mol. The lowest BCUT2D eigenvalue weighted by molar-refractivity contribution is 0.669. The van der Waals surface area contributed by atoms with Gasteiger partial charge in [0.25, 0.3) is 0 Å². The minimum absolute atomic E-state index is 0.475. The van der Waals surface area contributed by atoms with Crippen LogP contribution in [0.3, 0.4) is 0 Å². The van der Waals surface area contributed by atoms with E-state index in [0.29, 0.717) is 0 Å². The van der Waals surface area contributed by atoms with Crippen LogP contribution in [-0.4, -0.2) is 0 Å². The van der Waals surface area contributed by atoms with Crippen molar-refractivity contribution in [2.45, 2.75) is 5.41 Å². The number of hydrogen-bond acceptors (Lipinski definition) is 2. The van der Waals surface area contributed by atoms with Crippen LogP contribution in [0.4, 0.5) is 17.1 Å². The third-order valence-electron chi connectivity index (χ3n) is 10.5. The number of nitrogens with zero attached hydrogens (tertiary/aromatic N) is 1. The van der Waals surface area contributed by atoms with Crippen LogP contribution in [-0.2, 0) is 5.41 Å². The van der Waals surface area contributed by atoms with Crippen molar-refractivity contribution in [3.05, 3.63) is 222 Å². The third kappa shape index (κ3) is 4.50. The SMILES string of the molecule is c1ccc(N(c2ccccc2)c2cc(-c3cccc(C4(c5ccccc5)c5ccccc5-c5ccccc54)c3)cc3oc4ccccc4c23)cc1. The second-order valence-corrected chi connectivity index (χ2v) is 13.3. The fourth-order valence-electron chi connectivity index (χ4n) is 8.40. The molecule has 1 aromatic heterocycles. The first kappa shape index (κ1) is 29.3. The standard InChI is InChI=1S/C49H33NO/c1-4-18-36(19-5-1)49(43-28-13-10-25-40(43)41-26-11-14-29-44(41)49)37-20-16-17-34(31-37)35-32-45(48-42-27-12-15-30-46(42)51-47(48)33-35)50(38-21-6-2-7-22-38)39-23-8-3-9-24-39/h1-33H. The quantitative estimate of drug-likeness (QED) is 0.178. The molecule has 9 aromatic rings. The van der Waals surface area contributed by atoms with Crippen LogP contribution in [0.5, 0.6) is 0 Å². The fourth-order valence-corrected chi connectivity index (χ4v) is 8.40. The van der Waals surface area contributed by atoms with Gasteiger partial charge in [-0.05, 0) is 93.0 Å². The molecular formula is C49H33NO. The van der Waals surface area contributed by atoms with Crippen molar-refractivity contribution in [2.75, 3.05) is 4.90 Å². The summed E-state index contributed by atoms with van der Waals surface area (Å²) in [5.41, 5.74) is 14.4. The molecule has 0 amide bonds. The van der Waals surface area contributed by atoms with Crippen molar-refractivity contribution >= 4 is 39.0 Å². The van der Waals surface area contributed by atoms with Crippen molar-refractivity contribution in [1.29, 1.82) is 0 Å². The Morgan fingerprint density at radius 2 is 0.941 bits per heavy atom. The van der Waals surface area contributed by atoms with Crippen LogP contribution in [0.1, 0.15) is 22.3 Å². The summed E-state index contributed by atoms with van der Waals surface area (Å²) in [6.07, 6.45) is 0. The van der Waals surface area contributed by atoms with Crippen molar-refractivity contribution in [3.63, 3.8) is 0 Å². The summed E-state index contributed by atoms with van der Waals surface area (Å²) in [4.78, 5) is 2.35. The summed E-state index contributed by atoms with van der Waals surface area (Å²) in [6.45, 7) is 0. The van der Waals surface area contributed by atoms with E-state index in [0.717, 1.165) is 50.1 Å². The molecule has 0 saturated carbocycles. The maximum atomic E-state index is 6.66. The lowest BCUT2D eigenvalue weighted by Gasteiger charge is -2.34. The van der Waals surface area contributed by atoms with Crippen molar-refractivity contribution in [1.82, 2.24) is 0 Å². The molecule has 10 rings (SSSR count). The van der Waals surface area contributed by atoms with E-state index in [2.05, 4.69) is 199 Å². The molecule has 0 unspecified atom stereocenters. The second-order valence-electron chi connectivity index (χ2n) is 13.3. The van der Waals surface area contributed by atoms with E-state index >= 15 is 0 Å². The minimum Gasteiger partial charge on any atom is -0.456 e. The average Bonchev–Trinajstić information content (AvgIpc) is 3.73. The van der Waals surface area contributed by atoms with Gasteiger partial charge in [-0.15, -0.1) is 0 Å². The lowest BCUT2D eigenvalue weighted by Crippen LogP contribution is -2.28. The Hall–Kier alpha value is -6.64. The Kier molecular flexibility index (Phi) is 6.75. The molecule has 0 N–H and O–H groups in total. The van der Waals surface area contributed by atoms with Gasteiger partial charge >= 0.3 is 0 Å². The summed E-state index contributed by atoms with van der Waals surface area (Å²) >= 11 is 0. The largest absolute Gasteiger partial charge is 0.456 e. The summed E-state index contributed by atoms with van der Waals surface area (Å²) in [5.74, 6) is 0. The second kappa shape index (κ2) is 11.8. The summed E-state index contributed by atoms with van der Waals surface area (Å²) < 4.78 is 6.66. The molecule has 51 heavy (non-hydrogen) atoms. The van der Waals surface area contributed by atoms with Crippen molar-refractivity contribution in [3.8, 4) is 22.3 Å². The van der Waals surface area contributed by atoms with Crippen LogP contribution in [0, 0.1) is 0 Å². The Labute approximate surface area is 297 Å². The van der Waals surface area contributed by atoms with Crippen LogP contribution in [0.25, 0.3) is 44.2 Å². The van der Waals surface area contributed by atoms with Gasteiger partial charge in [-0.25, -0.2) is 0 Å². The van der Waals surface area contributed by atoms with Crippen LogP contribution < -0.4 is 4.90 Å². The molecule has 240 valence electrons. The molecule has 0 fully saturated rings. The van der Waals surface area contributed by atoms with Gasteiger partial charge in [-0.2, -0.15) is 0 Å². The number of furan rings is 1. The smallest absolute Gasteiger partial charge is 0.138 e. The van der Waals surface area contributed by atoms with Gasteiger partial charge in [-0.3, -0.25) is 0 Å². The van der Waals surface area contributed by atoms with E-state index in [1.807, 2.05) is 6.07 Å². The molecule has 2 heteroatoms. The summed E-state index contributed by atoms with van der Waals surface area (Å²) in [5, 5.41) is 2.19. The van der Waals surface area contributed by atoms with Gasteiger partial charge in [-0.1, -0.05) is 152 Å². The monoisotopic (exact) mass is 651 g/mol. The zero-order valence-corrected chi connectivity index (χ0v) is 27.9. The highest BCUT2D eigenvalue weighted by atomic mass is 16.3. The average molecular weight is 652 g/mol. The van der Waals surface area contributed by atoms with E-state index in [9.17, 15) is 0 Å². The van der Waals surface area contributed by atoms with Crippen LogP contribution >= 0.6 is 0 Å². The number of benzene rings is 8. The molecule has 0 radical (unpaired) electrons. The number of hydrogen-bond donors (Lipinski definition) is 0. The van der Waals surface area contributed by atoms with Crippen LogP contribution in [0.2, 0.25) is 0 Å². The Morgan fingerprint density at radius 1 is 0.392 bits per heavy atom. The molecule has 0 atom stereocenters. The van der Waals surface area contributed by atoms with Gasteiger partial charge in [0.2, 0.25) is 0 Å². The van der Waals surface area contributed by atoms with Crippen LogP contribution in [0.15, 0.2) is 205 Å². The molecule has 1 heterocycles. The molecule has 0 aliphatic heterocycles. The van der Waals surface area contributed by atoms with Gasteiger partial charge in [0.05, 0.1) is 16.5 Å². The maximum Gasteiger partial charge on any atom is 0.138 e. The highest BCUT2D eigenvalue weighted by Crippen LogP contribution is 2.56. The first-order valence-electron chi connectivity index (χ1n) is 17.5. The fraction of sp³-hybridized carbons (Fsp3) is 0.0204. The van der Waals surface area contributed by atoms with Gasteiger partial charge in [0.15, 0.2) is 0 Å². The van der Waals surface area contributed by atoms with E-state index in [4.69, 9.17) is 4.42 Å². The van der Waals surface area contributed by atoms with Crippen molar-refractivity contribution in [2.24, 2.45) is 0 Å². The normalized spacial score (nSPS) is 12.9. The number of fused-ring (bicyclic) bond motifs is 6. The summed E-state index contributed by atoms with van der Waals surface area (Å²) in [6, 6.07) is 72.1. The zero-order valence-electron chi connectivity index (χ0n) is 27.9. The van der Waals surface area contributed by atoms with Gasteiger partial charge in [0, 0.05) is 16.8 Å². The van der Waals surface area contributed by atoms with Gasteiger partial charge in [0.1, 0.15) is 11.2 Å².